The van der Waals surface area contributed by atoms with Crippen molar-refractivity contribution < 1.29 is 14.3 Å². The first-order chi connectivity index (χ1) is 14.2. The first kappa shape index (κ1) is 19.3. The lowest BCUT2D eigenvalue weighted by Crippen LogP contribution is -2.24. The van der Waals surface area contributed by atoms with Gasteiger partial charge < -0.3 is 14.4 Å². The van der Waals surface area contributed by atoms with Crippen LogP contribution in [0.5, 0.6) is 5.75 Å². The van der Waals surface area contributed by atoms with E-state index in [1.54, 1.807) is 0 Å². The molecule has 2 aliphatic heterocycles. The third kappa shape index (κ3) is 3.93. The van der Waals surface area contributed by atoms with Gasteiger partial charge in [0, 0.05) is 18.3 Å². The average molecular weight is 389 g/mol. The molecule has 0 N–H and O–H groups in total. The second-order valence-electron chi connectivity index (χ2n) is 7.40. The normalized spacial score (nSPS) is 14.6. The van der Waals surface area contributed by atoms with Crippen LogP contribution in [0.4, 0.5) is 5.69 Å². The Morgan fingerprint density at radius 1 is 1.14 bits per heavy atom. The number of benzene rings is 2. The fourth-order valence-electron chi connectivity index (χ4n) is 4.09. The molecule has 2 aromatic carbocycles. The number of rotatable bonds is 6. The zero-order valence-corrected chi connectivity index (χ0v) is 17.1. The van der Waals surface area contributed by atoms with Crippen molar-refractivity contribution in [2.45, 2.75) is 46.1 Å². The largest absolute Gasteiger partial charge is 0.460 e. The number of carbonyl (C=O) groups is 1. The molecule has 0 bridgehead atoms. The van der Waals surface area contributed by atoms with Crippen molar-refractivity contribution in [2.24, 2.45) is 0 Å². The van der Waals surface area contributed by atoms with Crippen molar-refractivity contribution in [3.63, 3.8) is 0 Å². The standard InChI is InChI=1S/C25H27NO3/c1-3-9-21-23-19(12-8-15-26(23)17-18-10-6-5-7-11-18)16-20-13-14-22(29-24(20)21)25(27)28-4-2/h5-8,10-11,14-16H,3-4,9,12-13,17H2,1-2H3. The lowest BCUT2D eigenvalue weighted by molar-refractivity contribution is -0.141. The van der Waals surface area contributed by atoms with Gasteiger partial charge in [0.25, 0.3) is 0 Å². The van der Waals surface area contributed by atoms with E-state index in [0.29, 0.717) is 18.8 Å². The van der Waals surface area contributed by atoms with Crippen LogP contribution in [-0.4, -0.2) is 12.6 Å². The van der Waals surface area contributed by atoms with Gasteiger partial charge in [-0.3, -0.25) is 0 Å². The van der Waals surface area contributed by atoms with Gasteiger partial charge in [-0.15, -0.1) is 0 Å². The van der Waals surface area contributed by atoms with E-state index in [4.69, 9.17) is 9.47 Å². The maximum Gasteiger partial charge on any atom is 0.373 e. The maximum absolute atomic E-state index is 12.2. The van der Waals surface area contributed by atoms with Crippen molar-refractivity contribution >= 4 is 11.7 Å². The molecule has 0 fully saturated rings. The van der Waals surface area contributed by atoms with Crippen LogP contribution in [0.3, 0.4) is 0 Å². The molecule has 4 rings (SSSR count). The van der Waals surface area contributed by atoms with Crippen LogP contribution in [0.15, 0.2) is 60.5 Å². The van der Waals surface area contributed by atoms with Crippen molar-refractivity contribution in [2.75, 3.05) is 11.5 Å². The van der Waals surface area contributed by atoms with Crippen molar-refractivity contribution in [3.8, 4) is 5.75 Å². The topological polar surface area (TPSA) is 38.8 Å². The van der Waals surface area contributed by atoms with E-state index in [1.165, 1.54) is 22.4 Å². The van der Waals surface area contributed by atoms with E-state index in [2.05, 4.69) is 54.4 Å². The number of ether oxygens (including phenoxy) is 2. The molecule has 0 radical (unpaired) electrons. The Hall–Kier alpha value is -3.01. The van der Waals surface area contributed by atoms with Gasteiger partial charge in [-0.05, 0) is 55.0 Å². The predicted molar refractivity (Wildman–Crippen MR) is 115 cm³/mol. The summed E-state index contributed by atoms with van der Waals surface area (Å²) in [5, 5.41) is 0. The predicted octanol–water partition coefficient (Wildman–Crippen LogP) is 5.10. The Bertz CT molecular complexity index is 960. The minimum absolute atomic E-state index is 0.303. The second kappa shape index (κ2) is 8.56. The molecule has 0 aliphatic carbocycles. The van der Waals surface area contributed by atoms with Gasteiger partial charge in [0.05, 0.1) is 12.3 Å². The van der Waals surface area contributed by atoms with Gasteiger partial charge in [0.2, 0.25) is 5.76 Å². The zero-order valence-electron chi connectivity index (χ0n) is 17.1. The van der Waals surface area contributed by atoms with Gasteiger partial charge in [0.15, 0.2) is 0 Å². The molecule has 4 heteroatoms. The van der Waals surface area contributed by atoms with Crippen LogP contribution < -0.4 is 9.64 Å². The Kier molecular flexibility index (Phi) is 5.70. The van der Waals surface area contributed by atoms with E-state index < -0.39 is 0 Å². The number of hydrogen-bond donors (Lipinski definition) is 0. The number of nitrogens with zero attached hydrogens (tertiary/aromatic N) is 1. The molecule has 2 aromatic rings. The summed E-state index contributed by atoms with van der Waals surface area (Å²) < 4.78 is 11.3. The number of carbonyl (C=O) groups excluding carboxylic acids is 1. The zero-order chi connectivity index (χ0) is 20.2. The van der Waals surface area contributed by atoms with E-state index in [0.717, 1.165) is 37.1 Å². The van der Waals surface area contributed by atoms with Gasteiger partial charge in [-0.1, -0.05) is 49.8 Å². The minimum atomic E-state index is -0.389. The van der Waals surface area contributed by atoms with Crippen LogP contribution in [-0.2, 0) is 35.3 Å². The highest BCUT2D eigenvalue weighted by Gasteiger charge is 2.28. The first-order valence-electron chi connectivity index (χ1n) is 10.4. The van der Waals surface area contributed by atoms with Crippen LogP contribution in [0.25, 0.3) is 0 Å². The number of allylic oxidation sites excluding steroid dienone is 2. The molecule has 0 unspecified atom stereocenters. The number of hydrogen-bond acceptors (Lipinski definition) is 4. The fourth-order valence-corrected chi connectivity index (χ4v) is 4.09. The monoisotopic (exact) mass is 389 g/mol. The maximum atomic E-state index is 12.2. The van der Waals surface area contributed by atoms with Gasteiger partial charge in [0.1, 0.15) is 5.75 Å². The first-order valence-corrected chi connectivity index (χ1v) is 10.4. The molecule has 2 aliphatic rings. The molecule has 0 spiro atoms. The van der Waals surface area contributed by atoms with Crippen molar-refractivity contribution in [3.05, 3.63) is 82.8 Å². The quantitative estimate of drug-likeness (QED) is 0.645. The highest BCUT2D eigenvalue weighted by molar-refractivity contribution is 5.88. The molecule has 2 heterocycles. The molecule has 0 saturated heterocycles. The Balaban J connectivity index is 1.74. The Morgan fingerprint density at radius 2 is 1.97 bits per heavy atom. The van der Waals surface area contributed by atoms with E-state index in [1.807, 2.05) is 19.1 Å². The third-order valence-electron chi connectivity index (χ3n) is 5.31. The third-order valence-corrected chi connectivity index (χ3v) is 5.31. The Morgan fingerprint density at radius 3 is 2.72 bits per heavy atom. The Labute approximate surface area is 172 Å². The van der Waals surface area contributed by atoms with E-state index in [-0.39, 0.29) is 5.97 Å². The number of anilines is 1. The molecule has 0 aromatic heterocycles. The lowest BCUT2D eigenvalue weighted by Gasteiger charge is -2.32. The number of fused-ring (bicyclic) bond motifs is 2. The molecular formula is C25H27NO3. The summed E-state index contributed by atoms with van der Waals surface area (Å²) in [5.41, 5.74) is 6.15. The molecule has 0 atom stereocenters. The van der Waals surface area contributed by atoms with Crippen molar-refractivity contribution in [1.82, 2.24) is 0 Å². The molecule has 150 valence electrons. The molecule has 0 amide bonds. The highest BCUT2D eigenvalue weighted by Crippen LogP contribution is 2.42. The molecule has 0 saturated carbocycles. The van der Waals surface area contributed by atoms with E-state index in [9.17, 15) is 4.79 Å². The smallest absolute Gasteiger partial charge is 0.373 e. The summed E-state index contributed by atoms with van der Waals surface area (Å²) in [6.45, 7) is 5.13. The molecule has 4 nitrogen and oxygen atoms in total. The van der Waals surface area contributed by atoms with Crippen molar-refractivity contribution in [1.29, 1.82) is 0 Å². The molecular weight excluding hydrogens is 362 g/mol. The summed E-state index contributed by atoms with van der Waals surface area (Å²) in [6, 6.07) is 12.7. The molecule has 29 heavy (non-hydrogen) atoms. The van der Waals surface area contributed by atoms with Crippen LogP contribution >= 0.6 is 0 Å². The SMILES string of the molecule is CCCc1c2c(cc3c1N(Cc1ccccc1)C=CC3)CC=C(C(=O)OCC)O2. The number of esters is 1. The lowest BCUT2D eigenvalue weighted by atomic mass is 9.91. The van der Waals surface area contributed by atoms with Crippen LogP contribution in [0.1, 0.15) is 42.5 Å². The highest BCUT2D eigenvalue weighted by atomic mass is 16.6. The summed E-state index contributed by atoms with van der Waals surface area (Å²) in [5.74, 6) is 0.751. The van der Waals surface area contributed by atoms with Crippen LogP contribution in [0, 0.1) is 0 Å². The van der Waals surface area contributed by atoms with Gasteiger partial charge >= 0.3 is 5.97 Å². The summed E-state index contributed by atoms with van der Waals surface area (Å²) in [6.07, 6.45) is 9.74. The van der Waals surface area contributed by atoms with Crippen LogP contribution in [0.2, 0.25) is 0 Å². The van der Waals surface area contributed by atoms with Gasteiger partial charge in [-0.25, -0.2) is 4.79 Å². The average Bonchev–Trinajstić information content (AvgIpc) is 2.74. The summed E-state index contributed by atoms with van der Waals surface area (Å²) in [7, 11) is 0. The summed E-state index contributed by atoms with van der Waals surface area (Å²) in [4.78, 5) is 14.5. The second-order valence-corrected chi connectivity index (χ2v) is 7.40. The minimum Gasteiger partial charge on any atom is -0.460 e. The van der Waals surface area contributed by atoms with Gasteiger partial charge in [-0.2, -0.15) is 0 Å². The van der Waals surface area contributed by atoms with E-state index >= 15 is 0 Å². The fraction of sp³-hybridized carbons (Fsp3) is 0.320. The summed E-state index contributed by atoms with van der Waals surface area (Å²) >= 11 is 0.